The van der Waals surface area contributed by atoms with Crippen LogP contribution in [0.1, 0.15) is 56.7 Å². The fourth-order valence-corrected chi connectivity index (χ4v) is 6.40. The van der Waals surface area contributed by atoms with E-state index in [1.165, 1.54) is 18.2 Å². The number of amidine groups is 1. The summed E-state index contributed by atoms with van der Waals surface area (Å²) in [5.74, 6) is 0.716. The molecule has 0 radical (unpaired) electrons. The monoisotopic (exact) mass is 528 g/mol. The molecule has 37 heavy (non-hydrogen) atoms. The van der Waals surface area contributed by atoms with Crippen LogP contribution in [0.3, 0.4) is 0 Å². The van der Waals surface area contributed by atoms with E-state index in [2.05, 4.69) is 16.6 Å². The molecule has 1 saturated carbocycles. The van der Waals surface area contributed by atoms with E-state index in [1.54, 1.807) is 0 Å². The van der Waals surface area contributed by atoms with E-state index in [9.17, 15) is 17.6 Å². The zero-order valence-electron chi connectivity index (χ0n) is 22.1. The normalized spacial score (nSPS) is 21.3. The van der Waals surface area contributed by atoms with Gasteiger partial charge in [0.2, 0.25) is 15.9 Å². The standard InChI is InChI=1S/C28H37FN4O3S/c1-5-19-15-25(19)28(34)33(18-27(30-6-2)32(3)4)22-14-13-20-9-7-12-26(24(20)17-22)31-37(35,36)23-11-8-10-21(29)16-23/h8,10-11,13-14,16-17,19,25-26,31H,5-7,9,12,15,18H2,1-4H3/t19-,25-,26?/m0/s1. The predicted molar refractivity (Wildman–Crippen MR) is 145 cm³/mol. The Kier molecular flexibility index (Phi) is 8.33. The van der Waals surface area contributed by atoms with Gasteiger partial charge in [0.1, 0.15) is 11.7 Å². The zero-order valence-corrected chi connectivity index (χ0v) is 22.9. The number of aliphatic imine (C=N–C) groups is 1. The topological polar surface area (TPSA) is 82.1 Å². The molecule has 2 aliphatic carbocycles. The molecule has 0 aromatic heterocycles. The minimum atomic E-state index is -3.92. The van der Waals surface area contributed by atoms with Crippen molar-refractivity contribution in [3.8, 4) is 0 Å². The summed E-state index contributed by atoms with van der Waals surface area (Å²) in [6, 6.07) is 10.5. The molecule has 0 aliphatic heterocycles. The van der Waals surface area contributed by atoms with Crippen molar-refractivity contribution in [2.75, 3.05) is 32.1 Å². The first-order chi connectivity index (χ1) is 17.6. The van der Waals surface area contributed by atoms with E-state index in [4.69, 9.17) is 0 Å². The van der Waals surface area contributed by atoms with Gasteiger partial charge in [-0.05, 0) is 80.0 Å². The Morgan fingerprint density at radius 2 is 1.95 bits per heavy atom. The minimum Gasteiger partial charge on any atom is -0.365 e. The molecular formula is C28H37FN4O3S. The Morgan fingerprint density at radius 3 is 2.59 bits per heavy atom. The minimum absolute atomic E-state index is 0.00773. The zero-order chi connectivity index (χ0) is 26.7. The van der Waals surface area contributed by atoms with Gasteiger partial charge in [-0.3, -0.25) is 9.79 Å². The average molecular weight is 529 g/mol. The quantitative estimate of drug-likeness (QED) is 0.383. The summed E-state index contributed by atoms with van der Waals surface area (Å²) in [6.45, 7) is 5.05. The number of rotatable bonds is 9. The highest BCUT2D eigenvalue weighted by molar-refractivity contribution is 7.89. The molecule has 0 spiro atoms. The number of halogens is 1. The van der Waals surface area contributed by atoms with Crippen LogP contribution in [0.25, 0.3) is 0 Å². The van der Waals surface area contributed by atoms with Crippen molar-refractivity contribution >= 4 is 27.5 Å². The van der Waals surface area contributed by atoms with E-state index in [-0.39, 0.29) is 16.7 Å². The highest BCUT2D eigenvalue weighted by Crippen LogP contribution is 2.43. The maximum Gasteiger partial charge on any atom is 0.241 e. The third-order valence-corrected chi connectivity index (χ3v) is 8.82. The van der Waals surface area contributed by atoms with Crippen molar-refractivity contribution in [1.82, 2.24) is 9.62 Å². The van der Waals surface area contributed by atoms with Gasteiger partial charge in [0.05, 0.1) is 11.4 Å². The molecule has 200 valence electrons. The second-order valence-electron chi connectivity index (χ2n) is 10.1. The number of likely N-dealkylation sites (N-methyl/N-ethyl adjacent to an activating group) is 1. The second-order valence-corrected chi connectivity index (χ2v) is 11.8. The lowest BCUT2D eigenvalue weighted by molar-refractivity contribution is -0.120. The average Bonchev–Trinajstić information content (AvgIpc) is 3.66. The smallest absolute Gasteiger partial charge is 0.241 e. The summed E-state index contributed by atoms with van der Waals surface area (Å²) in [6.07, 6.45) is 4.17. The van der Waals surface area contributed by atoms with Crippen molar-refractivity contribution in [3.05, 3.63) is 59.4 Å². The fraction of sp³-hybridized carbons (Fsp3) is 0.500. The van der Waals surface area contributed by atoms with Gasteiger partial charge < -0.3 is 9.80 Å². The molecular weight excluding hydrogens is 491 g/mol. The maximum atomic E-state index is 13.7. The van der Waals surface area contributed by atoms with Crippen LogP contribution >= 0.6 is 0 Å². The molecule has 3 atom stereocenters. The largest absolute Gasteiger partial charge is 0.365 e. The Bertz CT molecular complexity index is 1280. The number of amides is 1. The number of anilines is 1. The van der Waals surface area contributed by atoms with E-state index in [1.807, 2.05) is 49.0 Å². The molecule has 2 aromatic carbocycles. The number of nitrogens with one attached hydrogen (secondary N) is 1. The van der Waals surface area contributed by atoms with Crippen LogP contribution in [0, 0.1) is 17.7 Å². The maximum absolute atomic E-state index is 13.7. The Balaban J connectivity index is 1.68. The highest BCUT2D eigenvalue weighted by atomic mass is 32.2. The molecule has 0 bridgehead atoms. The Morgan fingerprint density at radius 1 is 1.16 bits per heavy atom. The van der Waals surface area contributed by atoms with Crippen molar-refractivity contribution in [1.29, 1.82) is 0 Å². The van der Waals surface area contributed by atoms with Gasteiger partial charge in [0.25, 0.3) is 0 Å². The second kappa shape index (κ2) is 11.3. The molecule has 1 N–H and O–H groups in total. The third-order valence-electron chi connectivity index (χ3n) is 7.35. The molecule has 0 heterocycles. The van der Waals surface area contributed by atoms with Crippen LogP contribution in [-0.2, 0) is 21.2 Å². The van der Waals surface area contributed by atoms with Gasteiger partial charge in [-0.15, -0.1) is 0 Å². The van der Waals surface area contributed by atoms with E-state index in [0.29, 0.717) is 25.4 Å². The van der Waals surface area contributed by atoms with E-state index < -0.39 is 21.9 Å². The molecule has 9 heteroatoms. The van der Waals surface area contributed by atoms with Crippen LogP contribution in [0.5, 0.6) is 0 Å². The highest BCUT2D eigenvalue weighted by Gasteiger charge is 2.44. The molecule has 0 saturated heterocycles. The molecule has 2 aromatic rings. The lowest BCUT2D eigenvalue weighted by atomic mass is 9.87. The van der Waals surface area contributed by atoms with Gasteiger partial charge >= 0.3 is 0 Å². The molecule has 1 unspecified atom stereocenters. The first-order valence-corrected chi connectivity index (χ1v) is 14.6. The summed E-state index contributed by atoms with van der Waals surface area (Å²) in [5, 5.41) is 0. The summed E-state index contributed by atoms with van der Waals surface area (Å²) < 4.78 is 42.7. The molecule has 1 fully saturated rings. The summed E-state index contributed by atoms with van der Waals surface area (Å²) in [7, 11) is -0.0749. The molecule has 7 nitrogen and oxygen atoms in total. The number of nitrogens with zero attached hydrogens (tertiary/aromatic N) is 3. The Labute approximate surface area is 219 Å². The van der Waals surface area contributed by atoms with Crippen molar-refractivity contribution in [2.45, 2.75) is 56.9 Å². The van der Waals surface area contributed by atoms with Gasteiger partial charge in [-0.1, -0.05) is 25.5 Å². The van der Waals surface area contributed by atoms with Crippen LogP contribution in [-0.4, -0.2) is 52.2 Å². The summed E-state index contributed by atoms with van der Waals surface area (Å²) in [4.78, 5) is 21.9. The van der Waals surface area contributed by atoms with Crippen LogP contribution in [0.4, 0.5) is 10.1 Å². The number of benzene rings is 2. The Hall–Kier alpha value is -2.78. The number of sulfonamides is 1. The summed E-state index contributed by atoms with van der Waals surface area (Å²) in [5.41, 5.74) is 2.67. The number of carbonyl (C=O) groups excluding carboxylic acids is 1. The van der Waals surface area contributed by atoms with Gasteiger partial charge in [-0.2, -0.15) is 0 Å². The van der Waals surface area contributed by atoms with Crippen molar-refractivity contribution in [2.24, 2.45) is 16.8 Å². The molecule has 1 amide bonds. The first-order valence-electron chi connectivity index (χ1n) is 13.1. The van der Waals surface area contributed by atoms with E-state index in [0.717, 1.165) is 54.4 Å². The third kappa shape index (κ3) is 6.21. The van der Waals surface area contributed by atoms with Crippen LogP contribution in [0.2, 0.25) is 0 Å². The number of carbonyl (C=O) groups is 1. The van der Waals surface area contributed by atoms with Crippen molar-refractivity contribution in [3.63, 3.8) is 0 Å². The SMILES string of the molecule is CCN=C(CN(C(=O)[C@H]1C[C@@H]1CC)c1ccc2c(c1)C(NS(=O)(=O)c1cccc(F)c1)CCC2)N(C)C. The van der Waals surface area contributed by atoms with Crippen LogP contribution in [0.15, 0.2) is 52.4 Å². The number of fused-ring (bicyclic) bond motifs is 1. The number of aryl methyl sites for hydroxylation is 1. The summed E-state index contributed by atoms with van der Waals surface area (Å²) >= 11 is 0. The molecule has 4 rings (SSSR count). The molecule has 2 aliphatic rings. The lowest BCUT2D eigenvalue weighted by Crippen LogP contribution is -2.42. The van der Waals surface area contributed by atoms with Gasteiger partial charge in [0, 0.05) is 38.3 Å². The first kappa shape index (κ1) is 27.3. The van der Waals surface area contributed by atoms with Crippen LogP contribution < -0.4 is 9.62 Å². The van der Waals surface area contributed by atoms with Gasteiger partial charge in [0.15, 0.2) is 0 Å². The lowest BCUT2D eigenvalue weighted by Gasteiger charge is -2.30. The number of hydrogen-bond acceptors (Lipinski definition) is 4. The van der Waals surface area contributed by atoms with Crippen molar-refractivity contribution < 1.29 is 17.6 Å². The predicted octanol–water partition coefficient (Wildman–Crippen LogP) is 4.54. The fourth-order valence-electron chi connectivity index (χ4n) is 5.12. The van der Waals surface area contributed by atoms with Gasteiger partial charge in [-0.25, -0.2) is 17.5 Å². The number of hydrogen-bond donors (Lipinski definition) is 1. The van der Waals surface area contributed by atoms with E-state index >= 15 is 0 Å².